The van der Waals surface area contributed by atoms with Crippen molar-refractivity contribution in [2.75, 3.05) is 6.61 Å². The third-order valence-corrected chi connectivity index (χ3v) is 4.66. The molecule has 16 heavy (non-hydrogen) atoms. The number of hydrogen-bond acceptors (Lipinski definition) is 1. The quantitative estimate of drug-likeness (QED) is 0.461. The third-order valence-electron chi connectivity index (χ3n) is 2.96. The van der Waals surface area contributed by atoms with E-state index >= 15 is 0 Å². The predicted octanol–water partition coefficient (Wildman–Crippen LogP) is 2.49. The van der Waals surface area contributed by atoms with E-state index < -0.39 is 8.07 Å². The Morgan fingerprint density at radius 1 is 1.44 bits per heavy atom. The second kappa shape index (κ2) is 4.71. The van der Waals surface area contributed by atoms with E-state index in [2.05, 4.69) is 35.4 Å². The number of imidazole rings is 1. The summed E-state index contributed by atoms with van der Waals surface area (Å²) in [6.45, 7) is 8.72. The molecular weight excluding hydrogens is 216 g/mol. The molecule has 0 unspecified atom stereocenters. The summed E-state index contributed by atoms with van der Waals surface area (Å²) in [7, 11) is -0.940. The van der Waals surface area contributed by atoms with Crippen LogP contribution >= 0.6 is 0 Å². The molecule has 1 aliphatic rings. The molecule has 1 aromatic rings. The molecule has 90 valence electrons. The molecule has 0 spiro atoms. The van der Waals surface area contributed by atoms with Crippen molar-refractivity contribution in [3.63, 3.8) is 0 Å². The minimum Gasteiger partial charge on any atom is -0.342 e. The molecule has 0 saturated heterocycles. The van der Waals surface area contributed by atoms with Gasteiger partial charge in [-0.15, -0.1) is 0 Å². The first-order valence-electron chi connectivity index (χ1n) is 6.20. The number of rotatable bonds is 6. The number of aromatic amines is 1. The van der Waals surface area contributed by atoms with Gasteiger partial charge in [0.25, 0.3) is 0 Å². The summed E-state index contributed by atoms with van der Waals surface area (Å²) >= 11 is 0. The second-order valence-corrected chi connectivity index (χ2v) is 11.6. The van der Waals surface area contributed by atoms with Crippen LogP contribution < -0.4 is 4.57 Å². The maximum Gasteiger partial charge on any atom is 0.243 e. The molecular formula is C12H23N2OSi+. The summed E-state index contributed by atoms with van der Waals surface area (Å²) in [5, 5.41) is 0. The number of ether oxygens (including phenoxy) is 1. The first kappa shape index (κ1) is 11.9. The lowest BCUT2D eigenvalue weighted by Gasteiger charge is -2.14. The Morgan fingerprint density at radius 2 is 2.19 bits per heavy atom. The third kappa shape index (κ3) is 3.76. The fourth-order valence-corrected chi connectivity index (χ4v) is 2.41. The Bertz CT molecular complexity index is 339. The Hall–Kier alpha value is -0.613. The highest BCUT2D eigenvalue weighted by molar-refractivity contribution is 6.76. The smallest absolute Gasteiger partial charge is 0.243 e. The van der Waals surface area contributed by atoms with Gasteiger partial charge in [-0.25, -0.2) is 9.55 Å². The lowest BCUT2D eigenvalue weighted by Crippen LogP contribution is -2.33. The van der Waals surface area contributed by atoms with Crippen molar-refractivity contribution in [2.24, 2.45) is 0 Å². The predicted molar refractivity (Wildman–Crippen MR) is 67.1 cm³/mol. The standard InChI is InChI=1S/C12H22N2OSi/c1-16(2,3)7-6-15-10-14-8-12(13-9-14)11-4-5-11/h8-9,11H,4-7,10H2,1-3H3/p+1. The Morgan fingerprint density at radius 3 is 2.81 bits per heavy atom. The van der Waals surface area contributed by atoms with Crippen LogP contribution in [0.5, 0.6) is 0 Å². The Kier molecular flexibility index (Phi) is 3.49. The molecule has 0 aromatic carbocycles. The molecule has 1 fully saturated rings. The zero-order valence-corrected chi connectivity index (χ0v) is 11.6. The van der Waals surface area contributed by atoms with Crippen LogP contribution in [-0.2, 0) is 11.5 Å². The summed E-state index contributed by atoms with van der Waals surface area (Å²) in [4.78, 5) is 3.32. The van der Waals surface area contributed by atoms with Crippen molar-refractivity contribution >= 4 is 8.07 Å². The van der Waals surface area contributed by atoms with E-state index in [0.717, 1.165) is 12.5 Å². The fraction of sp³-hybridized carbons (Fsp3) is 0.750. The van der Waals surface area contributed by atoms with Gasteiger partial charge in [-0.3, -0.25) is 0 Å². The van der Waals surface area contributed by atoms with Gasteiger partial charge in [-0.2, -0.15) is 0 Å². The van der Waals surface area contributed by atoms with Crippen LogP contribution in [0, 0.1) is 0 Å². The first-order valence-corrected chi connectivity index (χ1v) is 9.90. The van der Waals surface area contributed by atoms with Gasteiger partial charge in [0.1, 0.15) is 11.9 Å². The SMILES string of the molecule is C[Si](C)(C)CCOC[n+]1c[nH]c(C2CC2)c1. The number of H-pyrrole nitrogens is 1. The van der Waals surface area contributed by atoms with E-state index in [1.807, 2.05) is 6.33 Å². The van der Waals surface area contributed by atoms with Crippen molar-refractivity contribution in [1.82, 2.24) is 4.98 Å². The first-order chi connectivity index (χ1) is 7.54. The van der Waals surface area contributed by atoms with E-state index in [4.69, 9.17) is 4.74 Å². The molecule has 0 bridgehead atoms. The van der Waals surface area contributed by atoms with Gasteiger partial charge in [-0.1, -0.05) is 19.6 Å². The molecule has 3 nitrogen and oxygen atoms in total. The number of hydrogen-bond donors (Lipinski definition) is 1. The summed E-state index contributed by atoms with van der Waals surface area (Å²) in [6.07, 6.45) is 6.89. The van der Waals surface area contributed by atoms with Gasteiger partial charge in [0.05, 0.1) is 0 Å². The van der Waals surface area contributed by atoms with Gasteiger partial charge in [0, 0.05) is 20.6 Å². The monoisotopic (exact) mass is 239 g/mol. The Labute approximate surface area is 98.8 Å². The van der Waals surface area contributed by atoms with Crippen LogP contribution in [0.1, 0.15) is 24.5 Å². The summed E-state index contributed by atoms with van der Waals surface area (Å²) in [5.41, 5.74) is 1.37. The molecule has 0 aliphatic heterocycles. The molecule has 1 saturated carbocycles. The highest BCUT2D eigenvalue weighted by Gasteiger charge is 2.28. The van der Waals surface area contributed by atoms with Crippen LogP contribution in [0.25, 0.3) is 0 Å². The normalized spacial score (nSPS) is 16.7. The highest BCUT2D eigenvalue weighted by atomic mass is 28.3. The van der Waals surface area contributed by atoms with Crippen LogP contribution in [0.2, 0.25) is 25.7 Å². The van der Waals surface area contributed by atoms with Gasteiger partial charge in [0.2, 0.25) is 6.33 Å². The van der Waals surface area contributed by atoms with Gasteiger partial charge >= 0.3 is 0 Å². The Balaban J connectivity index is 1.68. The zero-order valence-electron chi connectivity index (χ0n) is 10.6. The average molecular weight is 239 g/mol. The molecule has 1 aliphatic carbocycles. The molecule has 0 atom stereocenters. The maximum absolute atomic E-state index is 5.69. The van der Waals surface area contributed by atoms with Crippen molar-refractivity contribution in [1.29, 1.82) is 0 Å². The van der Waals surface area contributed by atoms with Gasteiger partial charge in [0.15, 0.2) is 6.73 Å². The van der Waals surface area contributed by atoms with Crippen LogP contribution in [0.3, 0.4) is 0 Å². The molecule has 2 rings (SSSR count). The van der Waals surface area contributed by atoms with E-state index in [1.165, 1.54) is 24.6 Å². The van der Waals surface area contributed by atoms with Crippen LogP contribution in [0.4, 0.5) is 0 Å². The van der Waals surface area contributed by atoms with Crippen LogP contribution in [0.15, 0.2) is 12.5 Å². The summed E-state index contributed by atoms with van der Waals surface area (Å²) < 4.78 is 7.80. The van der Waals surface area contributed by atoms with Crippen molar-refractivity contribution in [3.8, 4) is 0 Å². The molecule has 1 aromatic heterocycles. The number of nitrogens with zero attached hydrogens (tertiary/aromatic N) is 1. The summed E-state index contributed by atoms with van der Waals surface area (Å²) in [5.74, 6) is 0.795. The van der Waals surface area contributed by atoms with E-state index in [0.29, 0.717) is 6.73 Å². The van der Waals surface area contributed by atoms with E-state index in [9.17, 15) is 0 Å². The fourth-order valence-electron chi connectivity index (χ4n) is 1.65. The topological polar surface area (TPSA) is 28.9 Å². The average Bonchev–Trinajstić information content (AvgIpc) is 2.93. The van der Waals surface area contributed by atoms with Crippen molar-refractivity contribution < 1.29 is 9.30 Å². The highest BCUT2D eigenvalue weighted by Crippen LogP contribution is 2.38. The van der Waals surface area contributed by atoms with Crippen molar-refractivity contribution in [3.05, 3.63) is 18.2 Å². The molecule has 1 N–H and O–H groups in total. The van der Waals surface area contributed by atoms with Crippen LogP contribution in [-0.4, -0.2) is 19.7 Å². The molecule has 1 heterocycles. The summed E-state index contributed by atoms with van der Waals surface area (Å²) in [6, 6.07) is 1.24. The molecule has 0 radical (unpaired) electrons. The van der Waals surface area contributed by atoms with Gasteiger partial charge < -0.3 is 4.74 Å². The van der Waals surface area contributed by atoms with Crippen molar-refractivity contribution in [2.45, 2.75) is 51.2 Å². The largest absolute Gasteiger partial charge is 0.342 e. The number of aromatic nitrogens is 2. The minimum absolute atomic E-state index is 0.688. The number of nitrogens with one attached hydrogen (secondary N) is 1. The maximum atomic E-state index is 5.69. The lowest BCUT2D eigenvalue weighted by molar-refractivity contribution is -0.731. The van der Waals surface area contributed by atoms with E-state index in [1.54, 1.807) is 0 Å². The molecule has 0 amide bonds. The molecule has 4 heteroatoms. The minimum atomic E-state index is -0.940. The second-order valence-electron chi connectivity index (χ2n) is 5.99. The lowest BCUT2D eigenvalue weighted by atomic mass is 10.3. The van der Waals surface area contributed by atoms with Gasteiger partial charge in [-0.05, 0) is 18.9 Å². The zero-order chi connectivity index (χ0) is 11.6. The van der Waals surface area contributed by atoms with E-state index in [-0.39, 0.29) is 0 Å².